The lowest BCUT2D eigenvalue weighted by molar-refractivity contribution is 0.285. The predicted octanol–water partition coefficient (Wildman–Crippen LogP) is 1.11. The molecule has 2 rings (SSSR count). The number of halogens is 1. The van der Waals surface area contributed by atoms with E-state index in [4.69, 9.17) is 22.4 Å². The third-order valence-corrected chi connectivity index (χ3v) is 4.11. The van der Waals surface area contributed by atoms with Crippen LogP contribution in [0.25, 0.3) is 0 Å². The van der Waals surface area contributed by atoms with E-state index in [1.54, 1.807) is 0 Å². The molecule has 0 aliphatic carbocycles. The first-order valence-corrected chi connectivity index (χ1v) is 6.40. The molecule has 2 heterocycles. The SMILES string of the molecule is Nc1cc(=O)[nH]c(Sc2nc(Cl)c(CO)s2)n1. The molecule has 17 heavy (non-hydrogen) atoms. The molecule has 0 atom stereocenters. The van der Waals surface area contributed by atoms with Crippen LogP contribution in [-0.4, -0.2) is 20.1 Å². The highest BCUT2D eigenvalue weighted by Gasteiger charge is 2.11. The smallest absolute Gasteiger partial charge is 0.253 e. The molecule has 0 saturated heterocycles. The van der Waals surface area contributed by atoms with Gasteiger partial charge in [-0.2, -0.15) is 0 Å². The third kappa shape index (κ3) is 2.97. The van der Waals surface area contributed by atoms with Crippen LogP contribution >= 0.6 is 34.7 Å². The number of thiazole rings is 1. The van der Waals surface area contributed by atoms with Crippen molar-refractivity contribution >= 4 is 40.5 Å². The summed E-state index contributed by atoms with van der Waals surface area (Å²) in [6, 6.07) is 1.19. The number of nitrogens with two attached hydrogens (primary N) is 1. The number of aliphatic hydroxyl groups is 1. The van der Waals surface area contributed by atoms with Crippen molar-refractivity contribution in [2.24, 2.45) is 0 Å². The minimum absolute atomic E-state index is 0.140. The zero-order valence-electron chi connectivity index (χ0n) is 8.31. The largest absolute Gasteiger partial charge is 0.391 e. The van der Waals surface area contributed by atoms with E-state index in [-0.39, 0.29) is 23.1 Å². The van der Waals surface area contributed by atoms with Crippen LogP contribution in [0.4, 0.5) is 5.82 Å². The third-order valence-electron chi connectivity index (χ3n) is 1.70. The molecule has 0 unspecified atom stereocenters. The van der Waals surface area contributed by atoms with Gasteiger partial charge in [-0.1, -0.05) is 11.6 Å². The van der Waals surface area contributed by atoms with E-state index < -0.39 is 0 Å². The van der Waals surface area contributed by atoms with Gasteiger partial charge in [0.05, 0.1) is 11.5 Å². The second-order valence-electron chi connectivity index (χ2n) is 2.93. The van der Waals surface area contributed by atoms with Crippen LogP contribution in [0, 0.1) is 0 Å². The summed E-state index contributed by atoms with van der Waals surface area (Å²) in [5.74, 6) is 0.140. The topological polar surface area (TPSA) is 105 Å². The first kappa shape index (κ1) is 12.4. The highest BCUT2D eigenvalue weighted by molar-refractivity contribution is 8.00. The minimum Gasteiger partial charge on any atom is -0.391 e. The molecule has 0 spiro atoms. The maximum absolute atomic E-state index is 11.2. The number of anilines is 1. The van der Waals surface area contributed by atoms with E-state index in [0.717, 1.165) is 11.8 Å². The molecule has 2 aromatic rings. The van der Waals surface area contributed by atoms with Gasteiger partial charge in [0, 0.05) is 6.07 Å². The molecule has 4 N–H and O–H groups in total. The summed E-state index contributed by atoms with van der Waals surface area (Å²) in [5.41, 5.74) is 5.12. The Bertz CT molecular complexity index is 597. The molecular weight excluding hydrogens is 284 g/mol. The van der Waals surface area contributed by atoms with Gasteiger partial charge >= 0.3 is 0 Å². The molecule has 0 radical (unpaired) electrons. The van der Waals surface area contributed by atoms with Crippen molar-refractivity contribution in [1.82, 2.24) is 15.0 Å². The fraction of sp³-hybridized carbons (Fsp3) is 0.125. The van der Waals surface area contributed by atoms with Gasteiger partial charge < -0.3 is 15.8 Å². The highest BCUT2D eigenvalue weighted by Crippen LogP contribution is 2.33. The number of nitrogen functional groups attached to an aromatic ring is 1. The average Bonchev–Trinajstić information content (AvgIpc) is 2.57. The summed E-state index contributed by atoms with van der Waals surface area (Å²) >= 11 is 8.15. The van der Waals surface area contributed by atoms with Gasteiger partial charge in [0.25, 0.3) is 5.56 Å². The number of hydrogen-bond acceptors (Lipinski definition) is 7. The number of nitrogens with zero attached hydrogens (tertiary/aromatic N) is 2. The minimum atomic E-state index is -0.329. The lowest BCUT2D eigenvalue weighted by Gasteiger charge is -1.97. The summed E-state index contributed by atoms with van der Waals surface area (Å²) in [6.07, 6.45) is 0. The van der Waals surface area contributed by atoms with Gasteiger partial charge in [-0.05, 0) is 11.8 Å². The summed E-state index contributed by atoms with van der Waals surface area (Å²) in [7, 11) is 0. The van der Waals surface area contributed by atoms with Gasteiger partial charge in [0.1, 0.15) is 11.0 Å². The van der Waals surface area contributed by atoms with Gasteiger partial charge in [-0.15, -0.1) is 11.3 Å². The monoisotopic (exact) mass is 290 g/mol. The molecule has 6 nitrogen and oxygen atoms in total. The second-order valence-corrected chi connectivity index (χ2v) is 5.61. The Morgan fingerprint density at radius 3 is 2.94 bits per heavy atom. The van der Waals surface area contributed by atoms with Gasteiger partial charge in [0.2, 0.25) is 0 Å². The maximum atomic E-state index is 11.2. The van der Waals surface area contributed by atoms with Crippen molar-refractivity contribution in [3.8, 4) is 0 Å². The van der Waals surface area contributed by atoms with Gasteiger partial charge in [-0.25, -0.2) is 9.97 Å². The molecule has 9 heteroatoms. The Hall–Kier alpha value is -1.09. The Morgan fingerprint density at radius 2 is 2.35 bits per heavy atom. The van der Waals surface area contributed by atoms with Crippen LogP contribution in [0.3, 0.4) is 0 Å². The Labute approximate surface area is 109 Å². The van der Waals surface area contributed by atoms with Crippen LogP contribution in [0.1, 0.15) is 4.88 Å². The van der Waals surface area contributed by atoms with E-state index >= 15 is 0 Å². The van der Waals surface area contributed by atoms with Crippen molar-refractivity contribution in [2.45, 2.75) is 16.1 Å². The summed E-state index contributed by atoms with van der Waals surface area (Å²) < 4.78 is 0.577. The van der Waals surface area contributed by atoms with Crippen LogP contribution in [0.5, 0.6) is 0 Å². The zero-order valence-corrected chi connectivity index (χ0v) is 10.7. The van der Waals surface area contributed by atoms with E-state index in [2.05, 4.69) is 15.0 Å². The Kier molecular flexibility index (Phi) is 3.67. The van der Waals surface area contributed by atoms with Crippen molar-refractivity contribution in [1.29, 1.82) is 0 Å². The molecule has 0 fully saturated rings. The highest BCUT2D eigenvalue weighted by atomic mass is 35.5. The van der Waals surface area contributed by atoms with Crippen molar-refractivity contribution in [3.63, 3.8) is 0 Å². The number of nitrogens with one attached hydrogen (secondary N) is 1. The molecule has 0 amide bonds. The number of aliphatic hydroxyl groups excluding tert-OH is 1. The van der Waals surface area contributed by atoms with Crippen LogP contribution < -0.4 is 11.3 Å². The summed E-state index contributed by atoms with van der Waals surface area (Å²) in [5, 5.41) is 9.56. The molecule has 0 aliphatic heterocycles. The number of aromatic amines is 1. The fourth-order valence-corrected chi connectivity index (χ4v) is 3.25. The zero-order chi connectivity index (χ0) is 12.4. The van der Waals surface area contributed by atoms with Crippen molar-refractivity contribution in [3.05, 3.63) is 26.5 Å². The molecule has 0 aliphatic rings. The van der Waals surface area contributed by atoms with Crippen molar-refractivity contribution < 1.29 is 5.11 Å². The molecule has 0 saturated carbocycles. The molecule has 90 valence electrons. The summed E-state index contributed by atoms with van der Waals surface area (Å²) in [4.78, 5) is 22.2. The number of rotatable bonds is 3. The number of H-pyrrole nitrogens is 1. The first-order valence-electron chi connectivity index (χ1n) is 4.39. The fourth-order valence-electron chi connectivity index (χ4n) is 1.04. The van der Waals surface area contributed by atoms with Gasteiger partial charge in [-0.3, -0.25) is 4.79 Å². The second kappa shape index (κ2) is 5.05. The lowest BCUT2D eigenvalue weighted by atomic mass is 10.6. The Morgan fingerprint density at radius 1 is 1.59 bits per heavy atom. The number of hydrogen-bond donors (Lipinski definition) is 3. The van der Waals surface area contributed by atoms with E-state index in [9.17, 15) is 4.79 Å². The first-order chi connectivity index (χ1) is 8.08. The molecule has 0 aromatic carbocycles. The maximum Gasteiger partial charge on any atom is 0.253 e. The van der Waals surface area contributed by atoms with Gasteiger partial charge in [0.15, 0.2) is 9.50 Å². The number of aromatic nitrogens is 3. The van der Waals surface area contributed by atoms with Crippen LogP contribution in [0.15, 0.2) is 20.4 Å². The van der Waals surface area contributed by atoms with Crippen LogP contribution in [0.2, 0.25) is 5.15 Å². The lowest BCUT2D eigenvalue weighted by Crippen LogP contribution is -2.09. The predicted molar refractivity (Wildman–Crippen MR) is 66.4 cm³/mol. The van der Waals surface area contributed by atoms with Crippen molar-refractivity contribution in [2.75, 3.05) is 5.73 Å². The quantitative estimate of drug-likeness (QED) is 0.731. The summed E-state index contributed by atoms with van der Waals surface area (Å²) in [6.45, 7) is -0.169. The molecular formula is C8H7ClN4O2S2. The molecule has 2 aromatic heterocycles. The normalized spacial score (nSPS) is 10.7. The van der Waals surface area contributed by atoms with E-state index in [1.165, 1.54) is 17.4 Å². The van der Waals surface area contributed by atoms with E-state index in [1.807, 2.05) is 0 Å². The molecule has 0 bridgehead atoms. The standard InChI is InChI=1S/C8H7ClN4O2S2/c9-6-3(2-14)16-8(13-6)17-7-11-4(10)1-5(15)12-7/h1,14H,2H2,(H3,10,11,12,15). The Balaban J connectivity index is 2.27. The van der Waals surface area contributed by atoms with Crippen LogP contribution in [-0.2, 0) is 6.61 Å². The average molecular weight is 291 g/mol. The van der Waals surface area contributed by atoms with E-state index in [0.29, 0.717) is 14.4 Å².